The van der Waals surface area contributed by atoms with Crippen LogP contribution in [-0.2, 0) is 9.53 Å². The van der Waals surface area contributed by atoms with Crippen molar-refractivity contribution in [3.05, 3.63) is 0 Å². The quantitative estimate of drug-likeness (QED) is 0.733. The molecule has 4 nitrogen and oxygen atoms in total. The molecular formula is C12H24N2O2. The Kier molecular flexibility index (Phi) is 6.42. The highest BCUT2D eigenvalue weighted by molar-refractivity contribution is 5.78. The van der Waals surface area contributed by atoms with E-state index in [-0.39, 0.29) is 11.8 Å². The van der Waals surface area contributed by atoms with Gasteiger partial charge in [-0.2, -0.15) is 0 Å². The Morgan fingerprint density at radius 3 is 2.50 bits per heavy atom. The zero-order valence-corrected chi connectivity index (χ0v) is 10.5. The summed E-state index contributed by atoms with van der Waals surface area (Å²) in [5.74, 6) is 0.392. The van der Waals surface area contributed by atoms with E-state index in [0.29, 0.717) is 0 Å². The Balaban J connectivity index is 2.11. The van der Waals surface area contributed by atoms with E-state index in [4.69, 9.17) is 4.74 Å². The van der Waals surface area contributed by atoms with Crippen molar-refractivity contribution in [2.45, 2.75) is 26.7 Å². The molecule has 0 aromatic carbocycles. The molecule has 1 aliphatic heterocycles. The predicted octanol–water partition coefficient (Wildman–Crippen LogP) is 0.871. The number of ether oxygens (including phenoxy) is 1. The molecule has 0 atom stereocenters. The van der Waals surface area contributed by atoms with Crippen LogP contribution in [0.5, 0.6) is 0 Å². The van der Waals surface area contributed by atoms with Crippen LogP contribution < -0.4 is 5.32 Å². The van der Waals surface area contributed by atoms with E-state index in [0.717, 1.165) is 52.2 Å². The maximum atomic E-state index is 11.7. The van der Waals surface area contributed by atoms with E-state index in [9.17, 15) is 4.79 Å². The Labute approximate surface area is 98.3 Å². The zero-order valence-electron chi connectivity index (χ0n) is 10.5. The van der Waals surface area contributed by atoms with Gasteiger partial charge >= 0.3 is 0 Å². The first kappa shape index (κ1) is 13.5. The molecule has 1 heterocycles. The van der Waals surface area contributed by atoms with Gasteiger partial charge in [0.05, 0.1) is 13.2 Å². The summed E-state index contributed by atoms with van der Waals surface area (Å²) in [6.07, 6.45) is 1.86. The summed E-state index contributed by atoms with van der Waals surface area (Å²) in [6, 6.07) is 0. The monoisotopic (exact) mass is 228 g/mol. The lowest BCUT2D eigenvalue weighted by molar-refractivity contribution is -0.125. The van der Waals surface area contributed by atoms with E-state index in [1.807, 2.05) is 0 Å². The summed E-state index contributed by atoms with van der Waals surface area (Å²) in [7, 11) is 0. The highest BCUT2D eigenvalue weighted by Gasteiger charge is 2.14. The van der Waals surface area contributed by atoms with Crippen LogP contribution in [0.3, 0.4) is 0 Å². The number of rotatable bonds is 6. The normalized spacial score (nSPS) is 17.7. The fraction of sp³-hybridized carbons (Fsp3) is 0.917. The van der Waals surface area contributed by atoms with Crippen LogP contribution in [0.4, 0.5) is 0 Å². The average Bonchev–Trinajstić information content (AvgIpc) is 2.32. The second-order valence-corrected chi connectivity index (χ2v) is 4.26. The number of carbonyl (C=O) groups is 1. The van der Waals surface area contributed by atoms with Gasteiger partial charge in [-0.3, -0.25) is 9.69 Å². The number of nitrogens with zero attached hydrogens (tertiary/aromatic N) is 1. The predicted molar refractivity (Wildman–Crippen MR) is 64.3 cm³/mol. The first-order chi connectivity index (χ1) is 7.77. The minimum absolute atomic E-state index is 0.185. The smallest absolute Gasteiger partial charge is 0.223 e. The van der Waals surface area contributed by atoms with E-state index in [2.05, 4.69) is 24.1 Å². The molecule has 0 radical (unpaired) electrons. The lowest BCUT2D eigenvalue weighted by atomic mass is 10.0. The fourth-order valence-electron chi connectivity index (χ4n) is 1.97. The number of amides is 1. The maximum absolute atomic E-state index is 11.7. The molecule has 16 heavy (non-hydrogen) atoms. The molecule has 94 valence electrons. The summed E-state index contributed by atoms with van der Waals surface area (Å²) in [6.45, 7) is 9.44. The van der Waals surface area contributed by atoms with Gasteiger partial charge in [0.25, 0.3) is 0 Å². The molecule has 1 aliphatic rings. The Morgan fingerprint density at radius 2 is 1.94 bits per heavy atom. The summed E-state index contributed by atoms with van der Waals surface area (Å²) in [4.78, 5) is 14.0. The fourth-order valence-corrected chi connectivity index (χ4v) is 1.97. The molecule has 1 saturated heterocycles. The summed E-state index contributed by atoms with van der Waals surface area (Å²) in [5, 5.41) is 3.01. The van der Waals surface area contributed by atoms with Gasteiger partial charge in [-0.1, -0.05) is 13.8 Å². The van der Waals surface area contributed by atoms with Gasteiger partial charge in [-0.25, -0.2) is 0 Å². The SMILES string of the molecule is CCC(CC)C(=O)NCCN1CCOCC1. The molecular weight excluding hydrogens is 204 g/mol. The number of hydrogen-bond donors (Lipinski definition) is 1. The molecule has 0 saturated carbocycles. The Bertz CT molecular complexity index is 199. The van der Waals surface area contributed by atoms with Crippen LogP contribution in [0.2, 0.25) is 0 Å². The van der Waals surface area contributed by atoms with E-state index < -0.39 is 0 Å². The largest absolute Gasteiger partial charge is 0.379 e. The second-order valence-electron chi connectivity index (χ2n) is 4.26. The van der Waals surface area contributed by atoms with Crippen molar-refractivity contribution < 1.29 is 9.53 Å². The first-order valence-corrected chi connectivity index (χ1v) is 6.35. The molecule has 0 bridgehead atoms. The highest BCUT2D eigenvalue weighted by Crippen LogP contribution is 2.06. The summed E-state index contributed by atoms with van der Waals surface area (Å²) < 4.78 is 5.27. The molecule has 1 amide bonds. The third kappa shape index (κ3) is 4.49. The van der Waals surface area contributed by atoms with Gasteiger partial charge < -0.3 is 10.1 Å². The highest BCUT2D eigenvalue weighted by atomic mass is 16.5. The van der Waals surface area contributed by atoms with Gasteiger partial charge in [0, 0.05) is 32.1 Å². The van der Waals surface area contributed by atoms with Crippen LogP contribution in [0.15, 0.2) is 0 Å². The summed E-state index contributed by atoms with van der Waals surface area (Å²) >= 11 is 0. The van der Waals surface area contributed by atoms with Gasteiger partial charge in [-0.05, 0) is 12.8 Å². The van der Waals surface area contributed by atoms with Crippen molar-refractivity contribution >= 4 is 5.91 Å². The number of morpholine rings is 1. The van der Waals surface area contributed by atoms with E-state index >= 15 is 0 Å². The topological polar surface area (TPSA) is 41.6 Å². The van der Waals surface area contributed by atoms with Crippen molar-refractivity contribution in [2.24, 2.45) is 5.92 Å². The molecule has 0 spiro atoms. The van der Waals surface area contributed by atoms with Crippen LogP contribution in [0, 0.1) is 5.92 Å². The number of carbonyl (C=O) groups excluding carboxylic acids is 1. The van der Waals surface area contributed by atoms with Gasteiger partial charge in [-0.15, -0.1) is 0 Å². The third-order valence-corrected chi connectivity index (χ3v) is 3.19. The standard InChI is InChI=1S/C12H24N2O2/c1-3-11(4-2)12(15)13-5-6-14-7-9-16-10-8-14/h11H,3-10H2,1-2H3,(H,13,15). The van der Waals surface area contributed by atoms with Crippen molar-refractivity contribution in [1.82, 2.24) is 10.2 Å². The molecule has 0 aliphatic carbocycles. The number of hydrogen-bond acceptors (Lipinski definition) is 3. The molecule has 0 unspecified atom stereocenters. The number of nitrogens with one attached hydrogen (secondary N) is 1. The molecule has 0 aromatic heterocycles. The van der Waals surface area contributed by atoms with Crippen molar-refractivity contribution in [2.75, 3.05) is 39.4 Å². The van der Waals surface area contributed by atoms with Crippen LogP contribution >= 0.6 is 0 Å². The lowest BCUT2D eigenvalue weighted by Crippen LogP contribution is -2.42. The second kappa shape index (κ2) is 7.63. The first-order valence-electron chi connectivity index (χ1n) is 6.35. The molecule has 0 aromatic rings. The van der Waals surface area contributed by atoms with Crippen molar-refractivity contribution in [3.8, 4) is 0 Å². The van der Waals surface area contributed by atoms with Gasteiger partial charge in [0.2, 0.25) is 5.91 Å². The summed E-state index contributed by atoms with van der Waals surface area (Å²) in [5.41, 5.74) is 0. The third-order valence-electron chi connectivity index (χ3n) is 3.19. The lowest BCUT2D eigenvalue weighted by Gasteiger charge is -2.26. The van der Waals surface area contributed by atoms with Gasteiger partial charge in [0.15, 0.2) is 0 Å². The molecule has 1 N–H and O–H groups in total. The van der Waals surface area contributed by atoms with Crippen LogP contribution in [-0.4, -0.2) is 50.2 Å². The minimum Gasteiger partial charge on any atom is -0.379 e. The van der Waals surface area contributed by atoms with E-state index in [1.54, 1.807) is 0 Å². The zero-order chi connectivity index (χ0) is 11.8. The molecule has 1 rings (SSSR count). The van der Waals surface area contributed by atoms with Crippen LogP contribution in [0.1, 0.15) is 26.7 Å². The van der Waals surface area contributed by atoms with Gasteiger partial charge in [0.1, 0.15) is 0 Å². The van der Waals surface area contributed by atoms with Crippen molar-refractivity contribution in [3.63, 3.8) is 0 Å². The maximum Gasteiger partial charge on any atom is 0.223 e. The van der Waals surface area contributed by atoms with Crippen LogP contribution in [0.25, 0.3) is 0 Å². The van der Waals surface area contributed by atoms with Crippen molar-refractivity contribution in [1.29, 1.82) is 0 Å². The van der Waals surface area contributed by atoms with E-state index in [1.165, 1.54) is 0 Å². The molecule has 4 heteroatoms. The Morgan fingerprint density at radius 1 is 1.31 bits per heavy atom. The minimum atomic E-state index is 0.185. The average molecular weight is 228 g/mol. The Hall–Kier alpha value is -0.610. The molecule has 1 fully saturated rings.